The Kier molecular flexibility index (Phi) is 5.73. The molecule has 0 aliphatic heterocycles. The number of aryl methyl sites for hydroxylation is 1. The summed E-state index contributed by atoms with van der Waals surface area (Å²) in [5.74, 6) is -1.91. The number of rotatable bonds is 6. The number of nitrogens with one attached hydrogen (secondary N) is 1. The summed E-state index contributed by atoms with van der Waals surface area (Å²) in [7, 11) is 1.70. The molecule has 33 heavy (non-hydrogen) atoms. The molecule has 1 amide bonds. The minimum atomic E-state index is -0.682. The third-order valence-electron chi connectivity index (χ3n) is 5.36. The highest BCUT2D eigenvalue weighted by Gasteiger charge is 2.23. The van der Waals surface area contributed by atoms with Crippen molar-refractivity contribution in [2.75, 3.05) is 5.32 Å². The number of pyridine rings is 1. The van der Waals surface area contributed by atoms with Crippen LogP contribution in [-0.4, -0.2) is 36.1 Å². The maximum Gasteiger partial charge on any atom is 0.257 e. The summed E-state index contributed by atoms with van der Waals surface area (Å²) < 4.78 is 18.4. The van der Waals surface area contributed by atoms with Crippen molar-refractivity contribution >= 4 is 22.9 Å². The van der Waals surface area contributed by atoms with Crippen LogP contribution < -0.4 is 5.32 Å². The number of aromatic hydroxyl groups is 1. The number of aliphatic hydroxyl groups is 1. The zero-order valence-corrected chi connectivity index (χ0v) is 18.3. The maximum atomic E-state index is 15.3. The quantitative estimate of drug-likeness (QED) is 0.388. The normalized spacial score (nSPS) is 11.3. The van der Waals surface area contributed by atoms with Gasteiger partial charge in [-0.25, -0.2) is 4.39 Å². The van der Waals surface area contributed by atoms with Gasteiger partial charge in [-0.05, 0) is 29.8 Å². The van der Waals surface area contributed by atoms with Gasteiger partial charge in [0.05, 0.1) is 35.3 Å². The smallest absolute Gasteiger partial charge is 0.257 e. The van der Waals surface area contributed by atoms with Gasteiger partial charge in [0, 0.05) is 42.6 Å². The number of carbonyl (C=O) groups is 2. The number of fused-ring (bicyclic) bond motifs is 1. The Morgan fingerprint density at radius 3 is 2.61 bits per heavy atom. The van der Waals surface area contributed by atoms with Crippen molar-refractivity contribution in [1.82, 2.24) is 14.2 Å². The van der Waals surface area contributed by atoms with E-state index in [1.165, 1.54) is 51.8 Å². The molecule has 0 aliphatic rings. The number of nitrogens with zero attached hydrogens (tertiary/aromatic N) is 3. The molecular weight excluding hydrogens is 427 g/mol. The van der Waals surface area contributed by atoms with E-state index in [0.717, 1.165) is 0 Å². The van der Waals surface area contributed by atoms with E-state index in [0.29, 0.717) is 16.6 Å². The first-order chi connectivity index (χ1) is 15.7. The number of hydrogen-bond acceptors (Lipinski definition) is 5. The van der Waals surface area contributed by atoms with Crippen LogP contribution in [0.1, 0.15) is 40.3 Å². The van der Waals surface area contributed by atoms with Gasteiger partial charge in [0.15, 0.2) is 11.6 Å². The predicted octanol–water partition coefficient (Wildman–Crippen LogP) is 3.77. The average molecular weight is 450 g/mol. The number of Topliss-reactive ketones (excluding diaryl/α,β-unsaturated/α-hetero) is 1. The van der Waals surface area contributed by atoms with Gasteiger partial charge in [0.25, 0.3) is 5.91 Å². The number of halogens is 1. The van der Waals surface area contributed by atoms with E-state index in [1.54, 1.807) is 27.1 Å². The molecule has 0 bridgehead atoms. The van der Waals surface area contributed by atoms with Gasteiger partial charge >= 0.3 is 0 Å². The molecule has 3 aromatic heterocycles. The fourth-order valence-corrected chi connectivity index (χ4v) is 3.68. The average Bonchev–Trinajstić information content (AvgIpc) is 3.37. The standard InChI is InChI=1S/C24H23FN4O4/c1-13(2)23(32)21-9-18(20-8-16(31)4-5-29(20)21)24(33)27-19-7-14(12-30)6-17(22(19)25)15-10-26-28(3)11-15/h4-11,13,30-31H,12H2,1-3H3,(H,27,33). The Bertz CT molecular complexity index is 1390. The van der Waals surface area contributed by atoms with Crippen molar-refractivity contribution in [3.63, 3.8) is 0 Å². The van der Waals surface area contributed by atoms with E-state index < -0.39 is 11.7 Å². The SMILES string of the molecule is CC(C)C(=O)c1cc(C(=O)Nc2cc(CO)cc(-c3cnn(C)c3)c2F)c2cc(O)ccn12. The number of anilines is 1. The first kappa shape index (κ1) is 22.2. The van der Waals surface area contributed by atoms with Gasteiger partial charge in [-0.2, -0.15) is 5.10 Å². The van der Waals surface area contributed by atoms with Crippen LogP contribution >= 0.6 is 0 Å². The number of carbonyl (C=O) groups excluding carboxylic acids is 2. The van der Waals surface area contributed by atoms with E-state index in [9.17, 15) is 19.8 Å². The molecular formula is C24H23FN4O4. The molecule has 0 fully saturated rings. The van der Waals surface area contributed by atoms with Crippen LogP contribution in [0.15, 0.2) is 48.9 Å². The van der Waals surface area contributed by atoms with Crippen molar-refractivity contribution in [3.05, 3.63) is 71.6 Å². The van der Waals surface area contributed by atoms with Crippen LogP contribution in [0.2, 0.25) is 0 Å². The number of hydrogen-bond donors (Lipinski definition) is 3. The highest BCUT2D eigenvalue weighted by Crippen LogP contribution is 2.31. The molecule has 0 spiro atoms. The molecule has 0 atom stereocenters. The summed E-state index contributed by atoms with van der Waals surface area (Å²) in [5, 5.41) is 26.2. The van der Waals surface area contributed by atoms with Gasteiger partial charge in [-0.3, -0.25) is 14.3 Å². The molecule has 0 radical (unpaired) electrons. The fraction of sp³-hybridized carbons (Fsp3) is 0.208. The second kappa shape index (κ2) is 8.51. The summed E-state index contributed by atoms with van der Waals surface area (Å²) in [4.78, 5) is 25.9. The molecule has 8 nitrogen and oxygen atoms in total. The van der Waals surface area contributed by atoms with E-state index in [-0.39, 0.29) is 46.6 Å². The summed E-state index contributed by atoms with van der Waals surface area (Å²) >= 11 is 0. The predicted molar refractivity (Wildman–Crippen MR) is 121 cm³/mol. The lowest BCUT2D eigenvalue weighted by Crippen LogP contribution is -2.13. The summed E-state index contributed by atoms with van der Waals surface area (Å²) in [5.41, 5.74) is 1.65. The minimum absolute atomic E-state index is 0.0782. The summed E-state index contributed by atoms with van der Waals surface area (Å²) in [6, 6.07) is 7.06. The number of aromatic nitrogens is 3. The third-order valence-corrected chi connectivity index (χ3v) is 5.36. The molecule has 170 valence electrons. The molecule has 0 aliphatic carbocycles. The van der Waals surface area contributed by atoms with Crippen molar-refractivity contribution in [1.29, 1.82) is 0 Å². The van der Waals surface area contributed by atoms with E-state index in [2.05, 4.69) is 10.4 Å². The van der Waals surface area contributed by atoms with Crippen molar-refractivity contribution in [2.45, 2.75) is 20.5 Å². The van der Waals surface area contributed by atoms with Crippen LogP contribution in [-0.2, 0) is 13.7 Å². The highest BCUT2D eigenvalue weighted by atomic mass is 19.1. The monoisotopic (exact) mass is 450 g/mol. The zero-order valence-electron chi connectivity index (χ0n) is 18.3. The zero-order chi connectivity index (χ0) is 23.9. The van der Waals surface area contributed by atoms with E-state index in [4.69, 9.17) is 0 Å². The van der Waals surface area contributed by atoms with Crippen molar-refractivity contribution < 1.29 is 24.2 Å². The number of ketones is 1. The lowest BCUT2D eigenvalue weighted by molar-refractivity contribution is 0.0933. The molecule has 4 aromatic rings. The van der Waals surface area contributed by atoms with Gasteiger partial charge in [-0.15, -0.1) is 0 Å². The topological polar surface area (TPSA) is 109 Å². The number of amides is 1. The van der Waals surface area contributed by atoms with E-state index in [1.807, 2.05) is 0 Å². The molecule has 9 heteroatoms. The maximum absolute atomic E-state index is 15.3. The number of aliphatic hydroxyl groups excluding tert-OH is 1. The molecule has 0 saturated carbocycles. The molecule has 3 N–H and O–H groups in total. The molecule has 0 saturated heterocycles. The molecule has 4 rings (SSSR count). The van der Waals surface area contributed by atoms with Gasteiger partial charge in [0.2, 0.25) is 0 Å². The largest absolute Gasteiger partial charge is 0.508 e. The molecule has 0 unspecified atom stereocenters. The van der Waals surface area contributed by atoms with Crippen LogP contribution in [0, 0.1) is 11.7 Å². The fourth-order valence-electron chi connectivity index (χ4n) is 3.68. The Labute approximate surface area is 188 Å². The Morgan fingerprint density at radius 2 is 1.97 bits per heavy atom. The van der Waals surface area contributed by atoms with Gasteiger partial charge < -0.3 is 19.9 Å². The second-order valence-corrected chi connectivity index (χ2v) is 8.12. The highest BCUT2D eigenvalue weighted by molar-refractivity contribution is 6.12. The Hall–Kier alpha value is -3.98. The van der Waals surface area contributed by atoms with Gasteiger partial charge in [0.1, 0.15) is 5.75 Å². The first-order valence-electron chi connectivity index (χ1n) is 10.3. The minimum Gasteiger partial charge on any atom is -0.508 e. The summed E-state index contributed by atoms with van der Waals surface area (Å²) in [6.07, 6.45) is 4.61. The van der Waals surface area contributed by atoms with Gasteiger partial charge in [-0.1, -0.05) is 13.8 Å². The molecule has 3 heterocycles. The first-order valence-corrected chi connectivity index (χ1v) is 10.3. The van der Waals surface area contributed by atoms with Crippen LogP contribution in [0.3, 0.4) is 0 Å². The van der Waals surface area contributed by atoms with Crippen LogP contribution in [0.4, 0.5) is 10.1 Å². The van der Waals surface area contributed by atoms with Crippen LogP contribution in [0.25, 0.3) is 16.6 Å². The lowest BCUT2D eigenvalue weighted by Gasteiger charge is -2.11. The third kappa shape index (κ3) is 4.10. The van der Waals surface area contributed by atoms with Crippen molar-refractivity contribution in [2.24, 2.45) is 13.0 Å². The van der Waals surface area contributed by atoms with Crippen molar-refractivity contribution in [3.8, 4) is 16.9 Å². The lowest BCUT2D eigenvalue weighted by atomic mass is 10.0. The van der Waals surface area contributed by atoms with E-state index >= 15 is 4.39 Å². The Balaban J connectivity index is 1.79. The molecule has 1 aromatic carbocycles. The number of benzene rings is 1. The Morgan fingerprint density at radius 1 is 1.21 bits per heavy atom. The summed E-state index contributed by atoms with van der Waals surface area (Å²) in [6.45, 7) is 3.14. The van der Waals surface area contributed by atoms with Crippen LogP contribution in [0.5, 0.6) is 5.75 Å². The second-order valence-electron chi connectivity index (χ2n) is 8.12.